The first kappa shape index (κ1) is 22.4. The third-order valence-corrected chi connectivity index (χ3v) is 6.70. The number of hydrogen-bond donors (Lipinski definition) is 2. The second-order valence-electron chi connectivity index (χ2n) is 8.74. The Morgan fingerprint density at radius 1 is 1.15 bits per heavy atom. The van der Waals surface area contributed by atoms with Gasteiger partial charge in [0.2, 0.25) is 0 Å². The first-order chi connectivity index (χ1) is 16.5. The third-order valence-electron chi connectivity index (χ3n) is 6.37. The zero-order valence-corrected chi connectivity index (χ0v) is 19.7. The van der Waals surface area contributed by atoms with Crippen LogP contribution in [0.5, 0.6) is 0 Å². The van der Waals surface area contributed by atoms with Gasteiger partial charge in [-0.05, 0) is 59.7 Å². The zero-order valence-electron chi connectivity index (χ0n) is 19.0. The molecule has 5 nitrogen and oxygen atoms in total. The van der Waals surface area contributed by atoms with E-state index in [2.05, 4.69) is 34.2 Å². The van der Waals surface area contributed by atoms with Gasteiger partial charge in [0.1, 0.15) is 11.9 Å². The van der Waals surface area contributed by atoms with Gasteiger partial charge in [-0.3, -0.25) is 4.79 Å². The molecule has 34 heavy (non-hydrogen) atoms. The van der Waals surface area contributed by atoms with Gasteiger partial charge in [-0.1, -0.05) is 66.2 Å². The number of aliphatic hydroxyl groups is 1. The number of benzene rings is 3. The van der Waals surface area contributed by atoms with Crippen molar-refractivity contribution in [3.8, 4) is 22.6 Å². The molecule has 0 fully saturated rings. The molecule has 0 saturated carbocycles. The third kappa shape index (κ3) is 4.49. The molecule has 1 aliphatic rings. The number of aliphatic hydroxyl groups excluding tert-OH is 1. The van der Waals surface area contributed by atoms with Crippen molar-refractivity contribution in [2.24, 2.45) is 0 Å². The molecule has 6 heteroatoms. The summed E-state index contributed by atoms with van der Waals surface area (Å²) in [5, 5.41) is 10.3. The van der Waals surface area contributed by atoms with Gasteiger partial charge in [0.05, 0.1) is 16.9 Å². The minimum absolute atomic E-state index is 0.216. The number of halogens is 1. The van der Waals surface area contributed by atoms with Gasteiger partial charge in [-0.2, -0.15) is 0 Å². The summed E-state index contributed by atoms with van der Waals surface area (Å²) in [6.07, 6.45) is 2.41. The largest absolute Gasteiger partial charge is 0.384 e. The van der Waals surface area contributed by atoms with Gasteiger partial charge >= 0.3 is 0 Å². The van der Waals surface area contributed by atoms with Crippen LogP contribution in [0.25, 0.3) is 22.6 Å². The molecule has 1 aromatic heterocycles. The van der Waals surface area contributed by atoms with E-state index < -0.39 is 6.10 Å². The van der Waals surface area contributed by atoms with Crippen molar-refractivity contribution in [3.63, 3.8) is 0 Å². The summed E-state index contributed by atoms with van der Waals surface area (Å²) >= 11 is 6.56. The van der Waals surface area contributed by atoms with Crippen LogP contribution >= 0.6 is 11.6 Å². The zero-order chi connectivity index (χ0) is 23.7. The van der Waals surface area contributed by atoms with Crippen LogP contribution in [0.1, 0.15) is 29.2 Å². The molecule has 0 bridgehead atoms. The van der Waals surface area contributed by atoms with E-state index in [1.165, 1.54) is 18.1 Å². The number of aromatic amines is 1. The number of carbonyl (C=O) groups is 1. The Labute approximate surface area is 204 Å². The second kappa shape index (κ2) is 9.45. The Kier molecular flexibility index (Phi) is 6.22. The Bertz CT molecular complexity index is 1330. The highest BCUT2D eigenvalue weighted by molar-refractivity contribution is 6.33. The average molecular weight is 472 g/mol. The lowest BCUT2D eigenvalue weighted by molar-refractivity contribution is -0.140. The number of carbonyl (C=O) groups excluding carboxylic acids is 1. The summed E-state index contributed by atoms with van der Waals surface area (Å²) in [6, 6.07) is 22.4. The van der Waals surface area contributed by atoms with Gasteiger partial charge in [0.25, 0.3) is 5.91 Å². The summed E-state index contributed by atoms with van der Waals surface area (Å²) < 4.78 is 0. The van der Waals surface area contributed by atoms with Gasteiger partial charge in [-0.15, -0.1) is 0 Å². The number of H-pyrrole nitrogens is 1. The molecule has 1 amide bonds. The number of amides is 1. The molecule has 3 aromatic carbocycles. The van der Waals surface area contributed by atoms with Crippen molar-refractivity contribution in [1.82, 2.24) is 14.9 Å². The van der Waals surface area contributed by atoms with Crippen LogP contribution in [-0.4, -0.2) is 38.5 Å². The van der Waals surface area contributed by atoms with E-state index in [4.69, 9.17) is 11.6 Å². The van der Waals surface area contributed by atoms with Crippen LogP contribution in [0, 0.1) is 0 Å². The molecule has 2 N–H and O–H groups in total. The highest BCUT2D eigenvalue weighted by atomic mass is 35.5. The lowest BCUT2D eigenvalue weighted by Gasteiger charge is -2.31. The van der Waals surface area contributed by atoms with Crippen molar-refractivity contribution >= 4 is 17.5 Å². The lowest BCUT2D eigenvalue weighted by atomic mass is 9.90. The molecule has 172 valence electrons. The summed E-state index contributed by atoms with van der Waals surface area (Å²) in [5.41, 5.74) is 7.73. The van der Waals surface area contributed by atoms with E-state index in [0.717, 1.165) is 46.6 Å². The van der Waals surface area contributed by atoms with E-state index in [1.54, 1.807) is 4.90 Å². The average Bonchev–Trinajstić information content (AvgIpc) is 3.35. The van der Waals surface area contributed by atoms with E-state index >= 15 is 0 Å². The molecule has 0 saturated heterocycles. The maximum atomic E-state index is 12.2. The van der Waals surface area contributed by atoms with Crippen LogP contribution in [0.2, 0.25) is 5.02 Å². The molecular weight excluding hydrogens is 446 g/mol. The van der Waals surface area contributed by atoms with Crippen LogP contribution in [-0.2, 0) is 24.2 Å². The molecule has 0 unspecified atom stereocenters. The minimum atomic E-state index is -0.971. The van der Waals surface area contributed by atoms with Crippen LogP contribution in [0.15, 0.2) is 72.9 Å². The normalized spacial score (nSPS) is 14.0. The number of fused-ring (bicyclic) bond motifs is 1. The van der Waals surface area contributed by atoms with Crippen molar-refractivity contribution in [3.05, 3.63) is 100 Å². The highest BCUT2D eigenvalue weighted by Crippen LogP contribution is 2.31. The summed E-state index contributed by atoms with van der Waals surface area (Å²) in [4.78, 5) is 22.0. The summed E-state index contributed by atoms with van der Waals surface area (Å²) in [7, 11) is 0. The molecule has 0 aliphatic carbocycles. The van der Waals surface area contributed by atoms with E-state index in [-0.39, 0.29) is 5.91 Å². The first-order valence-corrected chi connectivity index (χ1v) is 11.8. The number of imidazole rings is 1. The summed E-state index contributed by atoms with van der Waals surface area (Å²) in [5.74, 6) is 0.528. The van der Waals surface area contributed by atoms with Crippen LogP contribution < -0.4 is 0 Å². The van der Waals surface area contributed by atoms with Gasteiger partial charge in [0, 0.05) is 18.7 Å². The lowest BCUT2D eigenvalue weighted by Crippen LogP contribution is -2.41. The van der Waals surface area contributed by atoms with Gasteiger partial charge < -0.3 is 15.0 Å². The Morgan fingerprint density at radius 2 is 1.97 bits per heavy atom. The molecular formula is C28H26ClN3O2. The fourth-order valence-electron chi connectivity index (χ4n) is 4.61. The molecule has 0 radical (unpaired) electrons. The van der Waals surface area contributed by atoms with E-state index in [0.29, 0.717) is 18.1 Å². The quantitative estimate of drug-likeness (QED) is 0.417. The van der Waals surface area contributed by atoms with E-state index in [9.17, 15) is 9.90 Å². The Hall–Kier alpha value is -3.41. The maximum absolute atomic E-state index is 12.2. The van der Waals surface area contributed by atoms with Crippen LogP contribution in [0.3, 0.4) is 0 Å². The highest BCUT2D eigenvalue weighted by Gasteiger charge is 2.24. The number of nitrogens with zero attached hydrogens (tertiary/aromatic N) is 2. The number of nitrogens with one attached hydrogen (secondary N) is 1. The molecule has 1 aliphatic heterocycles. The minimum Gasteiger partial charge on any atom is -0.384 e. The SMILES string of the molecule is C[C@@H](O)C(=O)N1CCc2c(Cc3ccc(Cl)c(-c4ncc(-c5ccccc5)[nH]4)c3)cccc2C1. The van der Waals surface area contributed by atoms with Gasteiger partial charge in [0.15, 0.2) is 0 Å². The fraction of sp³-hybridized carbons (Fsp3) is 0.214. The maximum Gasteiger partial charge on any atom is 0.251 e. The van der Waals surface area contributed by atoms with Crippen molar-refractivity contribution in [1.29, 1.82) is 0 Å². The van der Waals surface area contributed by atoms with Crippen molar-refractivity contribution in [2.45, 2.75) is 32.4 Å². The van der Waals surface area contributed by atoms with E-state index in [1.807, 2.05) is 48.7 Å². The molecule has 1 atom stereocenters. The first-order valence-electron chi connectivity index (χ1n) is 11.5. The molecule has 0 spiro atoms. The van der Waals surface area contributed by atoms with Crippen molar-refractivity contribution < 1.29 is 9.90 Å². The topological polar surface area (TPSA) is 69.2 Å². The van der Waals surface area contributed by atoms with Crippen LogP contribution in [0.4, 0.5) is 0 Å². The predicted octanol–water partition coefficient (Wildman–Crippen LogP) is 5.25. The summed E-state index contributed by atoms with van der Waals surface area (Å²) in [6.45, 7) is 2.68. The monoisotopic (exact) mass is 471 g/mol. The van der Waals surface area contributed by atoms with Gasteiger partial charge in [-0.25, -0.2) is 4.98 Å². The smallest absolute Gasteiger partial charge is 0.251 e. The predicted molar refractivity (Wildman–Crippen MR) is 135 cm³/mol. The molecule has 4 aromatic rings. The fourth-order valence-corrected chi connectivity index (χ4v) is 4.82. The Balaban J connectivity index is 1.40. The number of hydrogen-bond acceptors (Lipinski definition) is 3. The Morgan fingerprint density at radius 3 is 2.76 bits per heavy atom. The second-order valence-corrected chi connectivity index (χ2v) is 9.15. The van der Waals surface area contributed by atoms with Crippen molar-refractivity contribution in [2.75, 3.05) is 6.54 Å². The number of rotatable bonds is 5. The molecule has 2 heterocycles. The number of aromatic nitrogens is 2. The molecule has 5 rings (SSSR count). The standard InChI is InChI=1S/C28H26ClN3O2/c1-18(33)28(34)32-13-12-23-21(8-5-9-22(23)17-32)14-19-10-11-25(29)24(15-19)27-30-16-26(31-27)20-6-3-2-4-7-20/h2-11,15-16,18,33H,12-14,17H2,1H3,(H,30,31)/t18-/m1/s1.